The molecule has 1 saturated carbocycles. The maximum atomic E-state index is 12.2. The summed E-state index contributed by atoms with van der Waals surface area (Å²) in [6.45, 7) is 2.29. The summed E-state index contributed by atoms with van der Waals surface area (Å²) in [4.78, 5) is 25.2. The fourth-order valence-electron chi connectivity index (χ4n) is 3.91. The number of carbonyl (C=O) groups excluding carboxylic acids is 1. The number of aliphatic hydroxyl groups excluding tert-OH is 1. The second kappa shape index (κ2) is 7.44. The van der Waals surface area contributed by atoms with E-state index in [4.69, 9.17) is 4.74 Å². The molecule has 0 radical (unpaired) electrons. The second-order valence-corrected chi connectivity index (χ2v) is 7.08. The lowest BCUT2D eigenvalue weighted by molar-refractivity contribution is 0.0378. The highest BCUT2D eigenvalue weighted by atomic mass is 16.5. The summed E-state index contributed by atoms with van der Waals surface area (Å²) in [7, 11) is 0. The maximum absolute atomic E-state index is 12.2. The van der Waals surface area contributed by atoms with Crippen molar-refractivity contribution in [1.29, 1.82) is 0 Å². The monoisotopic (exact) mass is 366 g/mol. The third-order valence-corrected chi connectivity index (χ3v) is 5.42. The Morgan fingerprint density at radius 3 is 2.74 bits per heavy atom. The van der Waals surface area contributed by atoms with Crippen molar-refractivity contribution in [2.45, 2.75) is 25.8 Å². The van der Waals surface area contributed by atoms with Crippen LogP contribution in [0.1, 0.15) is 34.9 Å². The van der Waals surface area contributed by atoms with E-state index in [9.17, 15) is 9.90 Å². The summed E-state index contributed by atoms with van der Waals surface area (Å²) in [5, 5.41) is 9.80. The number of fused-ring (bicyclic) bond motifs is 1. The normalized spacial score (nSPS) is 22.2. The first kappa shape index (κ1) is 17.6. The van der Waals surface area contributed by atoms with Gasteiger partial charge < -0.3 is 14.4 Å². The maximum Gasteiger partial charge on any atom is 0.338 e. The number of carbonyl (C=O) groups is 1. The molecule has 1 fully saturated rings. The smallest absolute Gasteiger partial charge is 0.338 e. The van der Waals surface area contributed by atoms with Crippen LogP contribution in [0.4, 0.5) is 0 Å². The Kier molecular flexibility index (Phi) is 4.85. The topological polar surface area (TPSA) is 90.1 Å². The van der Waals surface area contributed by atoms with Gasteiger partial charge in [-0.1, -0.05) is 18.2 Å². The number of nitrogens with zero attached hydrogens (tertiary/aromatic N) is 4. The van der Waals surface area contributed by atoms with E-state index in [1.165, 1.54) is 0 Å². The molecule has 1 aliphatic rings. The lowest BCUT2D eigenvalue weighted by Crippen LogP contribution is -2.20. The van der Waals surface area contributed by atoms with Gasteiger partial charge in [0, 0.05) is 18.6 Å². The molecular formula is C20H22N4O3. The summed E-state index contributed by atoms with van der Waals surface area (Å²) in [5.74, 6) is -0.140. The summed E-state index contributed by atoms with van der Waals surface area (Å²) < 4.78 is 7.58. The predicted molar refractivity (Wildman–Crippen MR) is 99.1 cm³/mol. The van der Waals surface area contributed by atoms with E-state index >= 15 is 0 Å². The summed E-state index contributed by atoms with van der Waals surface area (Å²) in [5.41, 5.74) is 3.01. The van der Waals surface area contributed by atoms with Crippen molar-refractivity contribution in [2.75, 3.05) is 13.2 Å². The molecular weight excluding hydrogens is 344 g/mol. The van der Waals surface area contributed by atoms with Crippen molar-refractivity contribution in [2.24, 2.45) is 11.8 Å². The van der Waals surface area contributed by atoms with Gasteiger partial charge in [0.1, 0.15) is 11.8 Å². The quantitative estimate of drug-likeness (QED) is 0.698. The molecule has 0 spiro atoms. The van der Waals surface area contributed by atoms with Crippen LogP contribution in [0.2, 0.25) is 0 Å². The molecule has 2 heterocycles. The number of esters is 1. The van der Waals surface area contributed by atoms with Crippen LogP contribution < -0.4 is 0 Å². The van der Waals surface area contributed by atoms with Crippen molar-refractivity contribution < 1.29 is 14.6 Å². The largest absolute Gasteiger partial charge is 0.462 e. The van der Waals surface area contributed by atoms with Crippen LogP contribution in [0.3, 0.4) is 0 Å². The van der Waals surface area contributed by atoms with Gasteiger partial charge >= 0.3 is 5.97 Å². The Balaban J connectivity index is 1.47. The van der Waals surface area contributed by atoms with Gasteiger partial charge in [-0.25, -0.2) is 19.7 Å². The average Bonchev–Trinajstić information content (AvgIpc) is 3.31. The van der Waals surface area contributed by atoms with Crippen LogP contribution in [0, 0.1) is 18.8 Å². The van der Waals surface area contributed by atoms with Crippen molar-refractivity contribution in [3.63, 3.8) is 0 Å². The van der Waals surface area contributed by atoms with Gasteiger partial charge in [0.05, 0.1) is 24.2 Å². The Morgan fingerprint density at radius 1 is 1.19 bits per heavy atom. The number of aliphatic hydroxyl groups is 1. The van der Waals surface area contributed by atoms with E-state index < -0.39 is 0 Å². The minimum Gasteiger partial charge on any atom is -0.462 e. The molecule has 7 heteroatoms. The molecule has 0 amide bonds. The molecule has 1 aliphatic carbocycles. The van der Waals surface area contributed by atoms with E-state index in [1.807, 2.05) is 25.1 Å². The number of aromatic nitrogens is 4. The minimum absolute atomic E-state index is 0.0741. The van der Waals surface area contributed by atoms with Gasteiger partial charge in [0.2, 0.25) is 0 Å². The fourth-order valence-corrected chi connectivity index (χ4v) is 3.91. The van der Waals surface area contributed by atoms with Gasteiger partial charge in [-0.2, -0.15) is 0 Å². The molecule has 0 unspecified atom stereocenters. The van der Waals surface area contributed by atoms with E-state index in [2.05, 4.69) is 19.5 Å². The second-order valence-electron chi connectivity index (χ2n) is 7.08. The lowest BCUT2D eigenvalue weighted by Gasteiger charge is -2.16. The Bertz CT molecular complexity index is 941. The van der Waals surface area contributed by atoms with Crippen molar-refractivity contribution in [1.82, 2.24) is 19.5 Å². The number of hydrogen-bond donors (Lipinski definition) is 1. The zero-order chi connectivity index (χ0) is 18.8. The van der Waals surface area contributed by atoms with E-state index in [0.717, 1.165) is 29.7 Å². The molecule has 3 aromatic rings. The third kappa shape index (κ3) is 3.42. The summed E-state index contributed by atoms with van der Waals surface area (Å²) in [6, 6.07) is 9.13. The van der Waals surface area contributed by atoms with Crippen LogP contribution >= 0.6 is 0 Å². The lowest BCUT2D eigenvalue weighted by atomic mass is 9.98. The minimum atomic E-state index is -0.327. The van der Waals surface area contributed by atoms with E-state index in [-0.39, 0.29) is 30.5 Å². The Hall–Kier alpha value is -2.80. The first-order chi connectivity index (χ1) is 13.2. The molecule has 0 saturated heterocycles. The van der Waals surface area contributed by atoms with Crippen LogP contribution in [-0.4, -0.2) is 43.8 Å². The third-order valence-electron chi connectivity index (χ3n) is 5.42. The number of rotatable bonds is 5. The molecule has 0 aliphatic heterocycles. The van der Waals surface area contributed by atoms with Gasteiger partial charge in [-0.15, -0.1) is 0 Å². The zero-order valence-corrected chi connectivity index (χ0v) is 15.2. The van der Waals surface area contributed by atoms with Gasteiger partial charge in [-0.05, 0) is 37.8 Å². The number of imidazole rings is 1. The number of aryl methyl sites for hydroxylation is 1. The van der Waals surface area contributed by atoms with Crippen LogP contribution in [0.25, 0.3) is 11.2 Å². The Morgan fingerprint density at radius 2 is 1.96 bits per heavy atom. The average molecular weight is 366 g/mol. The molecule has 1 aromatic carbocycles. The van der Waals surface area contributed by atoms with Gasteiger partial charge in [0.25, 0.3) is 0 Å². The van der Waals surface area contributed by atoms with E-state index in [1.54, 1.807) is 24.8 Å². The molecule has 0 bridgehead atoms. The zero-order valence-electron chi connectivity index (χ0n) is 15.2. The van der Waals surface area contributed by atoms with Crippen molar-refractivity contribution in [3.05, 3.63) is 54.2 Å². The van der Waals surface area contributed by atoms with Gasteiger partial charge in [-0.3, -0.25) is 0 Å². The Labute approximate surface area is 157 Å². The first-order valence-electron chi connectivity index (χ1n) is 9.14. The fraction of sp³-hybridized carbons (Fsp3) is 0.400. The number of hydrogen-bond acceptors (Lipinski definition) is 6. The highest BCUT2D eigenvalue weighted by Gasteiger charge is 2.36. The number of benzene rings is 1. The molecule has 140 valence electrons. The van der Waals surface area contributed by atoms with Crippen LogP contribution in [0.5, 0.6) is 0 Å². The number of ether oxygens (including phenoxy) is 1. The van der Waals surface area contributed by atoms with Gasteiger partial charge in [0.15, 0.2) is 5.65 Å². The molecule has 3 atom stereocenters. The van der Waals surface area contributed by atoms with Crippen molar-refractivity contribution >= 4 is 17.1 Å². The standard InChI is InChI=1S/C20H22N4O3/c1-13-18-19(22-11-21-13)24(12-23-18)17-7-15(9-25)16(8-17)10-27-20(26)14-5-3-2-4-6-14/h2-6,11-12,15-17,25H,7-10H2,1H3/t15-,16+,17-/m0/s1. The summed E-state index contributed by atoms with van der Waals surface area (Å²) in [6.07, 6.45) is 4.96. The summed E-state index contributed by atoms with van der Waals surface area (Å²) >= 11 is 0. The first-order valence-corrected chi connectivity index (χ1v) is 9.14. The molecule has 27 heavy (non-hydrogen) atoms. The van der Waals surface area contributed by atoms with Crippen molar-refractivity contribution in [3.8, 4) is 0 Å². The molecule has 2 aromatic heterocycles. The molecule has 4 rings (SSSR count). The highest BCUT2D eigenvalue weighted by molar-refractivity contribution is 5.89. The molecule has 1 N–H and O–H groups in total. The van der Waals surface area contributed by atoms with Crippen LogP contribution in [0.15, 0.2) is 43.0 Å². The molecule has 7 nitrogen and oxygen atoms in total. The van der Waals surface area contributed by atoms with E-state index in [0.29, 0.717) is 12.2 Å². The highest BCUT2D eigenvalue weighted by Crippen LogP contribution is 2.40. The predicted octanol–water partition coefficient (Wildman–Crippen LogP) is 2.55. The van der Waals surface area contributed by atoms with Crippen LogP contribution in [-0.2, 0) is 4.74 Å². The SMILES string of the molecule is Cc1ncnc2c1ncn2[C@H]1C[C@@H](CO)[C@@H](COC(=O)c2ccccc2)C1.